The second kappa shape index (κ2) is 40.8. The number of alkyl carbamates (subject to hydrolysis) is 1. The van der Waals surface area contributed by atoms with Gasteiger partial charge in [-0.25, -0.2) is 9.59 Å². The Morgan fingerprint density at radius 3 is 1.55 bits per heavy atom. The van der Waals surface area contributed by atoms with Crippen molar-refractivity contribution in [2.24, 2.45) is 0 Å². The number of carbonyl (C=O) groups is 5. The van der Waals surface area contributed by atoms with E-state index in [1.165, 1.54) is 129 Å². The number of rotatable bonds is 43. The third-order valence-corrected chi connectivity index (χ3v) is 11.9. The lowest BCUT2D eigenvalue weighted by Gasteiger charge is -2.24. The van der Waals surface area contributed by atoms with Crippen LogP contribution >= 0.6 is 0 Å². The van der Waals surface area contributed by atoms with Crippen LogP contribution in [0.25, 0.3) is 0 Å². The van der Waals surface area contributed by atoms with E-state index in [1.54, 1.807) is 0 Å². The number of benzene rings is 1. The van der Waals surface area contributed by atoms with Gasteiger partial charge in [-0.15, -0.1) is 0 Å². The van der Waals surface area contributed by atoms with Crippen molar-refractivity contribution in [1.29, 1.82) is 0 Å². The molecule has 0 saturated carbocycles. The highest BCUT2D eigenvalue weighted by atomic mass is 16.5. The molecule has 0 spiro atoms. The molecule has 1 aromatic rings. The van der Waals surface area contributed by atoms with E-state index in [0.717, 1.165) is 50.5 Å². The second-order valence-electron chi connectivity index (χ2n) is 18.0. The number of aliphatic hydroxyl groups excluding tert-OH is 1. The number of unbranched alkanes of at least 4 members (excludes halogenated alkanes) is 25. The molecule has 3 amide bonds. The maximum Gasteiger partial charge on any atom is 0.407 e. The largest absolute Gasteiger partial charge is 0.480 e. The van der Waals surface area contributed by atoms with Gasteiger partial charge in [0.15, 0.2) is 6.04 Å². The van der Waals surface area contributed by atoms with Gasteiger partial charge >= 0.3 is 18.0 Å². The molecular formula is C52H91N3O9. The van der Waals surface area contributed by atoms with E-state index in [9.17, 15) is 34.2 Å². The van der Waals surface area contributed by atoms with Crippen LogP contribution in [0.2, 0.25) is 0 Å². The average Bonchev–Trinajstić information content (AvgIpc) is 3.27. The Morgan fingerprint density at radius 2 is 1.06 bits per heavy atom. The Balaban J connectivity index is 2.72. The second-order valence-corrected chi connectivity index (χ2v) is 18.0. The fourth-order valence-corrected chi connectivity index (χ4v) is 7.93. The monoisotopic (exact) mass is 902 g/mol. The Hall–Kier alpha value is -3.67. The lowest BCUT2D eigenvalue weighted by Crippen LogP contribution is -2.55. The molecule has 0 radical (unpaired) electrons. The number of ether oxygens (including phenoxy) is 2. The number of carboxylic acid groups (broad SMARTS) is 1. The summed E-state index contributed by atoms with van der Waals surface area (Å²) in [5.41, 5.74) is 0.857. The first-order valence-corrected chi connectivity index (χ1v) is 25.7. The maximum atomic E-state index is 13.6. The summed E-state index contributed by atoms with van der Waals surface area (Å²) in [5.74, 6) is -2.95. The van der Waals surface area contributed by atoms with Crippen molar-refractivity contribution in [3.05, 3.63) is 35.9 Å². The van der Waals surface area contributed by atoms with Crippen LogP contribution in [0.5, 0.6) is 0 Å². The third-order valence-electron chi connectivity index (χ3n) is 11.9. The standard InChI is InChI=1S/C52H91N3O9/c1-4-6-8-10-12-14-16-18-20-22-24-26-31-37-45(64-48(58)39-32-27-25-23-21-19-17-15-13-11-9-7-5-2)41-47(57)54-46(50(59)55-49(43(3)56)51(60)61)38-33-34-40-53-52(62)63-42-44-35-29-28-30-36-44/h28-30,35-36,43,45-46,49,56H,4-27,31-34,37-42H2,1-3H3,(H,53,62)(H,54,57)(H,55,59)(H,60,61)/t43-,45?,46+,49+/m1/s1. The van der Waals surface area contributed by atoms with Crippen molar-refractivity contribution >= 4 is 29.8 Å². The smallest absolute Gasteiger partial charge is 0.407 e. The van der Waals surface area contributed by atoms with E-state index in [-0.39, 0.29) is 32.0 Å². The van der Waals surface area contributed by atoms with Crippen molar-refractivity contribution in [3.63, 3.8) is 0 Å². The minimum Gasteiger partial charge on any atom is -0.480 e. The number of hydrogen-bond acceptors (Lipinski definition) is 8. The highest BCUT2D eigenvalue weighted by Gasteiger charge is 2.30. The maximum absolute atomic E-state index is 13.6. The van der Waals surface area contributed by atoms with Crippen LogP contribution < -0.4 is 16.0 Å². The van der Waals surface area contributed by atoms with Crippen molar-refractivity contribution in [2.75, 3.05) is 6.54 Å². The molecule has 5 N–H and O–H groups in total. The molecule has 1 rings (SSSR count). The Kier molecular flexibility index (Phi) is 37.2. The summed E-state index contributed by atoms with van der Waals surface area (Å²) in [4.78, 5) is 64.0. The minimum atomic E-state index is -1.57. The quantitative estimate of drug-likeness (QED) is 0.0315. The summed E-state index contributed by atoms with van der Waals surface area (Å²) in [6.07, 6.45) is 30.5. The van der Waals surface area contributed by atoms with E-state index < -0.39 is 48.2 Å². The first-order chi connectivity index (χ1) is 31.1. The van der Waals surface area contributed by atoms with Crippen LogP contribution in [0.3, 0.4) is 0 Å². The van der Waals surface area contributed by atoms with Crippen LogP contribution in [0.1, 0.15) is 232 Å². The van der Waals surface area contributed by atoms with Crippen molar-refractivity contribution in [2.45, 2.75) is 257 Å². The fraction of sp³-hybridized carbons (Fsp3) is 0.788. The van der Waals surface area contributed by atoms with Gasteiger partial charge in [-0.1, -0.05) is 198 Å². The number of carboxylic acids is 1. The van der Waals surface area contributed by atoms with E-state index in [4.69, 9.17) is 9.47 Å². The van der Waals surface area contributed by atoms with Crippen LogP contribution in [0, 0.1) is 0 Å². The van der Waals surface area contributed by atoms with Gasteiger partial charge in [0.05, 0.1) is 12.5 Å². The summed E-state index contributed by atoms with van der Waals surface area (Å²) in [7, 11) is 0. The normalized spacial score (nSPS) is 13.1. The summed E-state index contributed by atoms with van der Waals surface area (Å²) < 4.78 is 11.2. The number of amides is 3. The number of aliphatic carboxylic acids is 1. The van der Waals surface area contributed by atoms with E-state index in [1.807, 2.05) is 30.3 Å². The zero-order chi connectivity index (χ0) is 46.9. The van der Waals surface area contributed by atoms with Crippen LogP contribution in [0.15, 0.2) is 30.3 Å². The average molecular weight is 902 g/mol. The van der Waals surface area contributed by atoms with E-state index in [0.29, 0.717) is 25.7 Å². The number of nitrogens with one attached hydrogen (secondary N) is 3. The summed E-state index contributed by atoms with van der Waals surface area (Å²) in [6, 6.07) is 6.62. The fourth-order valence-electron chi connectivity index (χ4n) is 7.93. The number of aliphatic hydroxyl groups is 1. The van der Waals surface area contributed by atoms with Crippen LogP contribution in [0.4, 0.5) is 4.79 Å². The lowest BCUT2D eigenvalue weighted by atomic mass is 10.0. The molecule has 12 nitrogen and oxygen atoms in total. The molecule has 0 aliphatic carbocycles. The predicted octanol–water partition coefficient (Wildman–Crippen LogP) is 11.8. The molecule has 0 fully saturated rings. The molecular weight excluding hydrogens is 811 g/mol. The van der Waals surface area contributed by atoms with Gasteiger partial charge in [-0.3, -0.25) is 14.4 Å². The molecule has 0 aromatic heterocycles. The molecule has 0 aliphatic rings. The van der Waals surface area contributed by atoms with Gasteiger partial charge in [-0.2, -0.15) is 0 Å². The van der Waals surface area contributed by atoms with Gasteiger partial charge in [0.25, 0.3) is 0 Å². The SMILES string of the molecule is CCCCCCCCCCCCCCCC(=O)OC(CCCCCCCCCCCCCCC)CC(=O)N[C@@H](CCCCNC(=O)OCc1ccccc1)C(=O)N[C@H](C(=O)O)[C@@H](C)O. The van der Waals surface area contributed by atoms with Gasteiger partial charge < -0.3 is 35.6 Å². The van der Waals surface area contributed by atoms with E-state index >= 15 is 0 Å². The summed E-state index contributed by atoms with van der Waals surface area (Å²) in [5, 5.41) is 27.4. The molecule has 64 heavy (non-hydrogen) atoms. The molecule has 0 heterocycles. The zero-order valence-electron chi connectivity index (χ0n) is 40.5. The summed E-state index contributed by atoms with van der Waals surface area (Å²) >= 11 is 0. The topological polar surface area (TPSA) is 180 Å². The van der Waals surface area contributed by atoms with Crippen molar-refractivity contribution in [3.8, 4) is 0 Å². The first kappa shape index (κ1) is 58.3. The third kappa shape index (κ3) is 33.8. The van der Waals surface area contributed by atoms with Gasteiger partial charge in [0, 0.05) is 13.0 Å². The van der Waals surface area contributed by atoms with Gasteiger partial charge in [0.2, 0.25) is 11.8 Å². The molecule has 0 bridgehead atoms. The highest BCUT2D eigenvalue weighted by Crippen LogP contribution is 2.18. The molecule has 0 aliphatic heterocycles. The van der Waals surface area contributed by atoms with Crippen LogP contribution in [-0.4, -0.2) is 70.9 Å². The number of hydrogen-bond donors (Lipinski definition) is 5. The molecule has 1 aromatic carbocycles. The molecule has 0 saturated heterocycles. The van der Waals surface area contributed by atoms with Gasteiger partial charge in [0.1, 0.15) is 18.8 Å². The van der Waals surface area contributed by atoms with E-state index in [2.05, 4.69) is 29.8 Å². The number of carbonyl (C=O) groups excluding carboxylic acids is 4. The Bertz CT molecular complexity index is 1330. The lowest BCUT2D eigenvalue weighted by molar-refractivity contribution is -0.151. The molecule has 368 valence electrons. The van der Waals surface area contributed by atoms with Crippen LogP contribution in [-0.2, 0) is 35.3 Å². The summed E-state index contributed by atoms with van der Waals surface area (Å²) in [6.45, 7) is 6.15. The molecule has 4 atom stereocenters. The number of esters is 1. The molecule has 1 unspecified atom stereocenters. The first-order valence-electron chi connectivity index (χ1n) is 25.7. The zero-order valence-corrected chi connectivity index (χ0v) is 40.5. The Labute approximate surface area is 387 Å². The van der Waals surface area contributed by atoms with Crippen molar-refractivity contribution in [1.82, 2.24) is 16.0 Å². The highest BCUT2D eigenvalue weighted by molar-refractivity contribution is 5.90. The minimum absolute atomic E-state index is 0.125. The predicted molar refractivity (Wildman–Crippen MR) is 257 cm³/mol. The Morgan fingerprint density at radius 1 is 0.594 bits per heavy atom. The molecule has 12 heteroatoms. The van der Waals surface area contributed by atoms with Crippen molar-refractivity contribution < 1.29 is 43.7 Å². The van der Waals surface area contributed by atoms with Gasteiger partial charge in [-0.05, 0) is 51.0 Å².